The van der Waals surface area contributed by atoms with Gasteiger partial charge in [0.05, 0.1) is 0 Å². The molecule has 0 rings (SSSR count). The van der Waals surface area contributed by atoms with Gasteiger partial charge in [-0.3, -0.25) is 16.2 Å². The van der Waals surface area contributed by atoms with E-state index in [2.05, 4.69) is 44.9 Å². The molecule has 3 N–H and O–H groups in total. The maximum atomic E-state index is 5.77. The normalized spacial score (nSPS) is 14.4. The Morgan fingerprint density at radius 3 is 1.81 bits per heavy atom. The summed E-state index contributed by atoms with van der Waals surface area (Å²) in [6.45, 7) is 13.5. The van der Waals surface area contributed by atoms with Crippen molar-refractivity contribution in [2.45, 2.75) is 71.9 Å². The molecule has 0 saturated heterocycles. The molecule has 98 valence electrons. The summed E-state index contributed by atoms with van der Waals surface area (Å²) in [6.07, 6.45) is 4.63. The van der Waals surface area contributed by atoms with Gasteiger partial charge in [0.2, 0.25) is 0 Å². The number of hydrazine groups is 1. The molecule has 3 nitrogen and oxygen atoms in total. The van der Waals surface area contributed by atoms with Gasteiger partial charge in [-0.15, -0.1) is 0 Å². The first-order valence-corrected chi connectivity index (χ1v) is 6.87. The van der Waals surface area contributed by atoms with Crippen LogP contribution in [0.15, 0.2) is 0 Å². The summed E-state index contributed by atoms with van der Waals surface area (Å²) < 4.78 is 0. The van der Waals surface area contributed by atoms with Gasteiger partial charge in [-0.1, -0.05) is 41.0 Å². The van der Waals surface area contributed by atoms with Gasteiger partial charge in [-0.05, 0) is 32.4 Å². The molecule has 0 aromatic carbocycles. The van der Waals surface area contributed by atoms with Crippen molar-refractivity contribution in [1.29, 1.82) is 0 Å². The van der Waals surface area contributed by atoms with Gasteiger partial charge in [0.25, 0.3) is 0 Å². The average Bonchev–Trinajstić information content (AvgIpc) is 2.33. The van der Waals surface area contributed by atoms with Crippen LogP contribution in [-0.4, -0.2) is 29.6 Å². The van der Waals surface area contributed by atoms with Crippen LogP contribution in [0.2, 0.25) is 0 Å². The number of nitrogens with two attached hydrogens (primary N) is 1. The van der Waals surface area contributed by atoms with E-state index in [0.717, 1.165) is 32.4 Å². The van der Waals surface area contributed by atoms with E-state index in [1.807, 2.05) is 0 Å². The van der Waals surface area contributed by atoms with Gasteiger partial charge < -0.3 is 0 Å². The molecule has 0 aromatic heterocycles. The van der Waals surface area contributed by atoms with Crippen LogP contribution in [0.4, 0.5) is 0 Å². The lowest BCUT2D eigenvalue weighted by atomic mass is 9.80. The molecule has 0 amide bonds. The van der Waals surface area contributed by atoms with E-state index in [9.17, 15) is 0 Å². The van der Waals surface area contributed by atoms with Crippen molar-refractivity contribution in [1.82, 2.24) is 10.3 Å². The lowest BCUT2D eigenvalue weighted by molar-refractivity contribution is 0.0458. The van der Waals surface area contributed by atoms with Crippen molar-refractivity contribution in [3.63, 3.8) is 0 Å². The molecule has 0 aliphatic rings. The Bertz CT molecular complexity index is 163. The number of nitrogens with one attached hydrogen (secondary N) is 1. The fraction of sp³-hybridized carbons (Fsp3) is 1.00. The second kappa shape index (κ2) is 8.04. The molecule has 3 heteroatoms. The van der Waals surface area contributed by atoms with Crippen LogP contribution in [-0.2, 0) is 0 Å². The molecule has 0 heterocycles. The topological polar surface area (TPSA) is 41.3 Å². The second-order valence-corrected chi connectivity index (χ2v) is 4.49. The summed E-state index contributed by atoms with van der Waals surface area (Å²) >= 11 is 0. The zero-order valence-electron chi connectivity index (χ0n) is 11.8. The van der Waals surface area contributed by atoms with Crippen molar-refractivity contribution in [2.75, 3.05) is 13.1 Å². The highest BCUT2D eigenvalue weighted by molar-refractivity contribution is 4.97. The van der Waals surface area contributed by atoms with E-state index in [4.69, 9.17) is 5.84 Å². The summed E-state index contributed by atoms with van der Waals surface area (Å²) in [6, 6.07) is 0.396. The zero-order valence-corrected chi connectivity index (χ0v) is 11.8. The number of rotatable bonds is 9. The Labute approximate surface area is 102 Å². The monoisotopic (exact) mass is 229 g/mol. The van der Waals surface area contributed by atoms with Gasteiger partial charge in [0, 0.05) is 11.6 Å². The molecule has 1 unspecified atom stereocenters. The Balaban J connectivity index is 5.01. The minimum absolute atomic E-state index is 0.217. The van der Waals surface area contributed by atoms with Crippen molar-refractivity contribution in [2.24, 2.45) is 5.84 Å². The minimum atomic E-state index is 0.217. The third kappa shape index (κ3) is 3.19. The Hall–Kier alpha value is -0.120. The zero-order chi connectivity index (χ0) is 12.6. The average molecular weight is 229 g/mol. The Morgan fingerprint density at radius 1 is 1.06 bits per heavy atom. The molecule has 16 heavy (non-hydrogen) atoms. The van der Waals surface area contributed by atoms with Gasteiger partial charge in [0.1, 0.15) is 0 Å². The van der Waals surface area contributed by atoms with Crippen LogP contribution < -0.4 is 11.3 Å². The van der Waals surface area contributed by atoms with E-state index < -0.39 is 0 Å². The lowest BCUT2D eigenvalue weighted by Gasteiger charge is -2.47. The van der Waals surface area contributed by atoms with Crippen molar-refractivity contribution in [3.8, 4) is 0 Å². The maximum Gasteiger partial charge on any atom is 0.0394 e. The SMILES string of the molecule is CCCC(NN)C(CC)(CC)N(CC)CC. The highest BCUT2D eigenvalue weighted by Crippen LogP contribution is 2.29. The van der Waals surface area contributed by atoms with Crippen molar-refractivity contribution in [3.05, 3.63) is 0 Å². The fourth-order valence-corrected chi connectivity index (χ4v) is 3.06. The number of hydrogen-bond acceptors (Lipinski definition) is 3. The van der Waals surface area contributed by atoms with Crippen LogP contribution in [0.1, 0.15) is 60.3 Å². The quantitative estimate of drug-likeness (QED) is 0.471. The van der Waals surface area contributed by atoms with Crippen molar-refractivity contribution >= 4 is 0 Å². The largest absolute Gasteiger partial charge is 0.297 e. The van der Waals surface area contributed by atoms with Crippen LogP contribution in [0.5, 0.6) is 0 Å². The predicted octanol–water partition coefficient (Wildman–Crippen LogP) is 2.52. The molecule has 0 spiro atoms. The van der Waals surface area contributed by atoms with Crippen LogP contribution in [0, 0.1) is 0 Å². The molecular weight excluding hydrogens is 198 g/mol. The molecule has 0 bridgehead atoms. The van der Waals surface area contributed by atoms with Gasteiger partial charge in [0.15, 0.2) is 0 Å². The first kappa shape index (κ1) is 15.9. The summed E-state index contributed by atoms with van der Waals surface area (Å²) in [4.78, 5) is 2.56. The number of hydrogen-bond donors (Lipinski definition) is 2. The molecule has 0 fully saturated rings. The molecule has 0 saturated carbocycles. The van der Waals surface area contributed by atoms with E-state index in [1.54, 1.807) is 0 Å². The third-order valence-corrected chi connectivity index (χ3v) is 4.04. The van der Waals surface area contributed by atoms with E-state index in [1.165, 1.54) is 6.42 Å². The lowest BCUT2D eigenvalue weighted by Crippen LogP contribution is -2.62. The number of likely N-dealkylation sites (N-methyl/N-ethyl adjacent to an activating group) is 1. The summed E-state index contributed by atoms with van der Waals surface area (Å²) in [7, 11) is 0. The Kier molecular flexibility index (Phi) is 7.98. The molecule has 0 aliphatic heterocycles. The highest BCUT2D eigenvalue weighted by atomic mass is 15.3. The van der Waals surface area contributed by atoms with E-state index in [0.29, 0.717) is 6.04 Å². The standard InChI is InChI=1S/C13H31N3/c1-6-11-12(15-14)13(7-2,8-3)16(9-4)10-5/h12,15H,6-11,14H2,1-5H3. The van der Waals surface area contributed by atoms with Gasteiger partial charge in [-0.2, -0.15) is 0 Å². The smallest absolute Gasteiger partial charge is 0.0394 e. The molecule has 1 atom stereocenters. The number of nitrogens with zero attached hydrogens (tertiary/aromatic N) is 1. The van der Waals surface area contributed by atoms with Crippen LogP contribution >= 0.6 is 0 Å². The van der Waals surface area contributed by atoms with Crippen LogP contribution in [0.3, 0.4) is 0 Å². The Morgan fingerprint density at radius 2 is 1.56 bits per heavy atom. The predicted molar refractivity (Wildman–Crippen MR) is 72.3 cm³/mol. The second-order valence-electron chi connectivity index (χ2n) is 4.49. The first-order valence-electron chi connectivity index (χ1n) is 6.87. The van der Waals surface area contributed by atoms with Crippen LogP contribution in [0.25, 0.3) is 0 Å². The molecule has 0 aromatic rings. The summed E-state index contributed by atoms with van der Waals surface area (Å²) in [5, 5.41) is 0. The summed E-state index contributed by atoms with van der Waals surface area (Å²) in [5.41, 5.74) is 3.27. The molecular formula is C13H31N3. The highest BCUT2D eigenvalue weighted by Gasteiger charge is 2.38. The van der Waals surface area contributed by atoms with Gasteiger partial charge in [-0.25, -0.2) is 0 Å². The maximum absolute atomic E-state index is 5.77. The first-order chi connectivity index (χ1) is 7.66. The van der Waals surface area contributed by atoms with E-state index in [-0.39, 0.29) is 5.54 Å². The molecule has 0 radical (unpaired) electrons. The third-order valence-electron chi connectivity index (χ3n) is 4.04. The van der Waals surface area contributed by atoms with E-state index >= 15 is 0 Å². The van der Waals surface area contributed by atoms with Crippen molar-refractivity contribution < 1.29 is 0 Å². The van der Waals surface area contributed by atoms with Gasteiger partial charge >= 0.3 is 0 Å². The summed E-state index contributed by atoms with van der Waals surface area (Å²) in [5.74, 6) is 5.77. The molecule has 0 aliphatic carbocycles. The fourth-order valence-electron chi connectivity index (χ4n) is 3.06. The minimum Gasteiger partial charge on any atom is -0.297 e.